The second-order valence-electron chi connectivity index (χ2n) is 6.76. The van der Waals surface area contributed by atoms with Gasteiger partial charge in [-0.25, -0.2) is 9.18 Å². The summed E-state index contributed by atoms with van der Waals surface area (Å²) in [6.07, 6.45) is -0.548. The van der Waals surface area contributed by atoms with Gasteiger partial charge in [0.1, 0.15) is 12.4 Å². The predicted molar refractivity (Wildman–Crippen MR) is 104 cm³/mol. The van der Waals surface area contributed by atoms with Crippen molar-refractivity contribution in [1.82, 2.24) is 5.32 Å². The second-order valence-corrected chi connectivity index (χ2v) is 6.76. The van der Waals surface area contributed by atoms with Gasteiger partial charge in [-0.2, -0.15) is 0 Å². The van der Waals surface area contributed by atoms with E-state index in [1.165, 1.54) is 23.3 Å². The van der Waals surface area contributed by atoms with Gasteiger partial charge in [0.25, 0.3) is 0 Å². The van der Waals surface area contributed by atoms with Crippen molar-refractivity contribution < 1.29 is 19.0 Å². The third-order valence-corrected chi connectivity index (χ3v) is 5.07. The van der Waals surface area contributed by atoms with E-state index in [0.29, 0.717) is 5.56 Å². The minimum absolute atomic E-state index is 0.000526. The summed E-state index contributed by atoms with van der Waals surface area (Å²) in [6, 6.07) is 20.7. The van der Waals surface area contributed by atoms with Crippen LogP contribution >= 0.6 is 0 Å². The van der Waals surface area contributed by atoms with Gasteiger partial charge < -0.3 is 15.2 Å². The Kier molecular flexibility index (Phi) is 5.08. The highest BCUT2D eigenvalue weighted by Gasteiger charge is 2.28. The third kappa shape index (κ3) is 3.49. The fourth-order valence-corrected chi connectivity index (χ4v) is 3.65. The van der Waals surface area contributed by atoms with Crippen LogP contribution in [0.5, 0.6) is 0 Å². The molecule has 1 amide bonds. The number of ether oxygens (including phenoxy) is 1. The van der Waals surface area contributed by atoms with Crippen molar-refractivity contribution in [2.24, 2.45) is 0 Å². The number of hydrogen-bond acceptors (Lipinski definition) is 3. The van der Waals surface area contributed by atoms with Crippen LogP contribution in [0.4, 0.5) is 9.18 Å². The van der Waals surface area contributed by atoms with Gasteiger partial charge >= 0.3 is 6.09 Å². The molecule has 28 heavy (non-hydrogen) atoms. The number of nitrogens with one attached hydrogen (secondary N) is 1. The molecule has 3 aromatic carbocycles. The number of carbonyl (C=O) groups excluding carboxylic acids is 1. The van der Waals surface area contributed by atoms with Crippen LogP contribution in [0, 0.1) is 5.82 Å². The lowest BCUT2D eigenvalue weighted by molar-refractivity contribution is 0.142. The third-order valence-electron chi connectivity index (χ3n) is 5.07. The van der Waals surface area contributed by atoms with Crippen molar-refractivity contribution in [3.63, 3.8) is 0 Å². The molecule has 0 aromatic heterocycles. The lowest BCUT2D eigenvalue weighted by Crippen LogP contribution is -2.25. The molecule has 0 spiro atoms. The van der Waals surface area contributed by atoms with Crippen molar-refractivity contribution in [2.45, 2.75) is 19.1 Å². The zero-order chi connectivity index (χ0) is 19.5. The van der Waals surface area contributed by atoms with Crippen LogP contribution in [0.3, 0.4) is 0 Å². The van der Waals surface area contributed by atoms with E-state index >= 15 is 0 Å². The van der Waals surface area contributed by atoms with E-state index in [-0.39, 0.29) is 31.2 Å². The number of carbonyl (C=O) groups is 1. The number of aliphatic hydroxyl groups excluding tert-OH is 1. The lowest BCUT2D eigenvalue weighted by atomic mass is 9.98. The molecule has 1 aliphatic carbocycles. The van der Waals surface area contributed by atoms with E-state index in [1.807, 2.05) is 24.3 Å². The molecular weight excluding hydrogens is 357 g/mol. The molecule has 0 saturated heterocycles. The minimum atomic E-state index is -0.548. The summed E-state index contributed by atoms with van der Waals surface area (Å²) in [5.74, 6) is -0.492. The fourth-order valence-electron chi connectivity index (χ4n) is 3.65. The van der Waals surface area contributed by atoms with Gasteiger partial charge in [-0.1, -0.05) is 60.7 Å². The Morgan fingerprint density at radius 2 is 1.64 bits per heavy atom. The summed E-state index contributed by atoms with van der Waals surface area (Å²) in [6.45, 7) is 0.0306. The molecule has 142 valence electrons. The fraction of sp³-hybridized carbons (Fsp3) is 0.174. The van der Waals surface area contributed by atoms with E-state index in [1.54, 1.807) is 6.07 Å². The van der Waals surface area contributed by atoms with Crippen LogP contribution in [0.2, 0.25) is 0 Å². The average Bonchev–Trinajstić information content (AvgIpc) is 3.05. The van der Waals surface area contributed by atoms with Gasteiger partial charge in [0.15, 0.2) is 0 Å². The van der Waals surface area contributed by atoms with Gasteiger partial charge in [0, 0.05) is 18.0 Å². The Balaban J connectivity index is 1.39. The Labute approximate surface area is 162 Å². The molecule has 0 atom stereocenters. The minimum Gasteiger partial charge on any atom is -0.449 e. The van der Waals surface area contributed by atoms with Crippen molar-refractivity contribution in [2.75, 3.05) is 6.61 Å². The van der Waals surface area contributed by atoms with Gasteiger partial charge in [0.2, 0.25) is 0 Å². The van der Waals surface area contributed by atoms with Crippen LogP contribution in [-0.2, 0) is 17.9 Å². The Bertz CT molecular complexity index is 973. The Morgan fingerprint density at radius 3 is 2.25 bits per heavy atom. The number of benzene rings is 3. The quantitative estimate of drug-likeness (QED) is 0.695. The van der Waals surface area contributed by atoms with E-state index in [2.05, 4.69) is 29.6 Å². The summed E-state index contributed by atoms with van der Waals surface area (Å²) in [5, 5.41) is 11.7. The summed E-state index contributed by atoms with van der Waals surface area (Å²) in [4.78, 5) is 12.1. The van der Waals surface area contributed by atoms with E-state index in [9.17, 15) is 9.18 Å². The topological polar surface area (TPSA) is 58.6 Å². The first-order chi connectivity index (χ1) is 13.7. The standard InChI is InChI=1S/C23H20FNO3/c24-22-11-15(9-10-16(22)13-26)12-25-23(27)28-14-21-19-7-3-1-5-17(19)18-6-2-4-8-20(18)21/h1-11,21,26H,12-14H2,(H,25,27). The second kappa shape index (κ2) is 7.82. The molecular formula is C23H20FNO3. The molecule has 3 aromatic rings. The molecule has 2 N–H and O–H groups in total. The first-order valence-electron chi connectivity index (χ1n) is 9.14. The molecule has 5 heteroatoms. The zero-order valence-electron chi connectivity index (χ0n) is 15.2. The average molecular weight is 377 g/mol. The molecule has 1 aliphatic rings. The molecule has 4 rings (SSSR count). The predicted octanol–water partition coefficient (Wildman–Crippen LogP) is 4.36. The Hall–Kier alpha value is -3.18. The first-order valence-corrected chi connectivity index (χ1v) is 9.14. The number of alkyl carbamates (subject to hydrolysis) is 1. The molecule has 0 bridgehead atoms. The summed E-state index contributed by atoms with van der Waals surface area (Å²) < 4.78 is 19.2. The number of halogens is 1. The zero-order valence-corrected chi connectivity index (χ0v) is 15.2. The maximum Gasteiger partial charge on any atom is 0.407 e. The maximum absolute atomic E-state index is 13.7. The molecule has 0 fully saturated rings. The normalized spacial score (nSPS) is 12.4. The molecule has 0 saturated carbocycles. The first kappa shape index (κ1) is 18.2. The molecule has 4 nitrogen and oxygen atoms in total. The van der Waals surface area contributed by atoms with Crippen molar-refractivity contribution >= 4 is 6.09 Å². The number of rotatable bonds is 5. The molecule has 0 radical (unpaired) electrons. The SMILES string of the molecule is O=C(NCc1ccc(CO)c(F)c1)OCC1c2ccccc2-c2ccccc21. The highest BCUT2D eigenvalue weighted by molar-refractivity contribution is 5.79. The number of amides is 1. The van der Waals surface area contributed by atoms with Crippen LogP contribution in [-0.4, -0.2) is 17.8 Å². The number of fused-ring (bicyclic) bond motifs is 3. The maximum atomic E-state index is 13.7. The monoisotopic (exact) mass is 377 g/mol. The van der Waals surface area contributed by atoms with Gasteiger partial charge in [-0.3, -0.25) is 0 Å². The highest BCUT2D eigenvalue weighted by atomic mass is 19.1. The largest absolute Gasteiger partial charge is 0.449 e. The van der Waals surface area contributed by atoms with E-state index in [4.69, 9.17) is 9.84 Å². The summed E-state index contributed by atoms with van der Waals surface area (Å²) in [5.41, 5.74) is 5.47. The molecule has 0 aliphatic heterocycles. The highest BCUT2D eigenvalue weighted by Crippen LogP contribution is 2.44. The summed E-state index contributed by atoms with van der Waals surface area (Å²) >= 11 is 0. The van der Waals surface area contributed by atoms with Crippen molar-refractivity contribution in [3.05, 3.63) is 94.8 Å². The van der Waals surface area contributed by atoms with Crippen LogP contribution < -0.4 is 5.32 Å². The van der Waals surface area contributed by atoms with Crippen LogP contribution in [0.15, 0.2) is 66.7 Å². The van der Waals surface area contributed by atoms with Crippen molar-refractivity contribution in [1.29, 1.82) is 0 Å². The number of hydrogen-bond donors (Lipinski definition) is 2. The molecule has 0 heterocycles. The molecule has 0 unspecified atom stereocenters. The smallest absolute Gasteiger partial charge is 0.407 e. The Morgan fingerprint density at radius 1 is 1.00 bits per heavy atom. The summed E-state index contributed by atoms with van der Waals surface area (Å²) in [7, 11) is 0. The van der Waals surface area contributed by atoms with Gasteiger partial charge in [-0.15, -0.1) is 0 Å². The van der Waals surface area contributed by atoms with Gasteiger partial charge in [-0.05, 0) is 33.9 Å². The lowest BCUT2D eigenvalue weighted by Gasteiger charge is -2.14. The van der Waals surface area contributed by atoms with Crippen LogP contribution in [0.25, 0.3) is 11.1 Å². The van der Waals surface area contributed by atoms with E-state index in [0.717, 1.165) is 11.1 Å². The van der Waals surface area contributed by atoms with Crippen LogP contribution in [0.1, 0.15) is 28.2 Å². The van der Waals surface area contributed by atoms with Gasteiger partial charge in [0.05, 0.1) is 6.61 Å². The van der Waals surface area contributed by atoms with E-state index < -0.39 is 11.9 Å². The van der Waals surface area contributed by atoms with Crippen molar-refractivity contribution in [3.8, 4) is 11.1 Å². The number of aliphatic hydroxyl groups is 1.